The number of hydrogen-bond donors (Lipinski definition) is 0. The zero-order valence-corrected chi connectivity index (χ0v) is 23.4. The maximum absolute atomic E-state index is 5.36. The molecule has 9 rings (SSSR count). The number of fused-ring (bicyclic) bond motifs is 6. The predicted molar refractivity (Wildman–Crippen MR) is 178 cm³/mol. The van der Waals surface area contributed by atoms with Crippen molar-refractivity contribution in [3.8, 4) is 0 Å². The Bertz CT molecular complexity index is 2340. The van der Waals surface area contributed by atoms with Crippen molar-refractivity contribution in [1.29, 1.82) is 0 Å². The third-order valence-corrected chi connectivity index (χ3v) is 8.05. The van der Waals surface area contributed by atoms with E-state index in [2.05, 4.69) is 48.5 Å². The first-order valence-corrected chi connectivity index (χ1v) is 14.4. The van der Waals surface area contributed by atoms with Crippen LogP contribution in [-0.4, -0.2) is 31.4 Å². The Kier molecular flexibility index (Phi) is 5.40. The van der Waals surface area contributed by atoms with Crippen LogP contribution in [-0.2, 0) is 0 Å². The lowest BCUT2D eigenvalue weighted by Gasteiger charge is -2.18. The lowest BCUT2D eigenvalue weighted by Crippen LogP contribution is -2.13. The van der Waals surface area contributed by atoms with E-state index in [9.17, 15) is 0 Å². The Balaban J connectivity index is 1.39. The van der Waals surface area contributed by atoms with Gasteiger partial charge in [0.2, 0.25) is 0 Å². The summed E-state index contributed by atoms with van der Waals surface area (Å²) in [6.45, 7) is 0. The fourth-order valence-electron chi connectivity index (χ4n) is 5.88. The zero-order valence-electron chi connectivity index (χ0n) is 23.4. The van der Waals surface area contributed by atoms with Gasteiger partial charge in [-0.15, -0.1) is 0 Å². The molecular weight excluding hydrogens is 540 g/mol. The maximum Gasteiger partial charge on any atom is 0.116 e. The molecule has 0 saturated heterocycles. The number of para-hydroxylation sites is 4. The first kappa shape index (κ1) is 24.5. The van der Waals surface area contributed by atoms with Gasteiger partial charge >= 0.3 is 0 Å². The molecular formula is C38H22N6. The molecule has 0 unspecified atom stereocenters. The van der Waals surface area contributed by atoms with Crippen LogP contribution in [0.1, 0.15) is 22.5 Å². The smallest absolute Gasteiger partial charge is 0.116 e. The van der Waals surface area contributed by atoms with E-state index >= 15 is 0 Å². The van der Waals surface area contributed by atoms with Gasteiger partial charge in [-0.25, -0.2) is 20.0 Å². The molecule has 6 nitrogen and oxygen atoms in total. The first-order chi connectivity index (χ1) is 21.8. The summed E-state index contributed by atoms with van der Waals surface area (Å²) in [5, 5.41) is 4.05. The van der Waals surface area contributed by atoms with Crippen molar-refractivity contribution in [2.45, 2.75) is 0 Å². The predicted octanol–water partition coefficient (Wildman–Crippen LogP) is 8.53. The van der Waals surface area contributed by atoms with Gasteiger partial charge in [0.25, 0.3) is 0 Å². The van der Waals surface area contributed by atoms with Crippen LogP contribution in [0.4, 0.5) is 11.4 Å². The number of hydrogen-bond acceptors (Lipinski definition) is 6. The van der Waals surface area contributed by atoms with Crippen LogP contribution in [0, 0.1) is 0 Å². The van der Waals surface area contributed by atoms with E-state index in [-0.39, 0.29) is 0 Å². The van der Waals surface area contributed by atoms with Gasteiger partial charge in [0.15, 0.2) is 0 Å². The maximum atomic E-state index is 5.36. The molecule has 0 N–H and O–H groups in total. The molecule has 0 spiro atoms. The molecule has 4 aromatic heterocycles. The SMILES string of the molecule is c1ccc2ncc(/C3=N/c4cc5ccccc5nc4/C(c4cnc5ccccc5c4)=N\c4cc5ccccc5nc43)cc2c1. The van der Waals surface area contributed by atoms with Crippen molar-refractivity contribution in [1.82, 2.24) is 19.9 Å². The number of aliphatic imine (C=N–C) groups is 2. The van der Waals surface area contributed by atoms with Gasteiger partial charge in [0.1, 0.15) is 22.8 Å². The summed E-state index contributed by atoms with van der Waals surface area (Å²) in [6.07, 6.45) is 3.74. The van der Waals surface area contributed by atoms with E-state index in [0.29, 0.717) is 34.2 Å². The molecule has 0 radical (unpaired) electrons. The monoisotopic (exact) mass is 562 g/mol. The van der Waals surface area contributed by atoms with Gasteiger partial charge in [-0.3, -0.25) is 9.97 Å². The molecule has 0 aliphatic carbocycles. The van der Waals surface area contributed by atoms with Gasteiger partial charge < -0.3 is 0 Å². The molecule has 4 aromatic carbocycles. The first-order valence-electron chi connectivity index (χ1n) is 14.4. The van der Waals surface area contributed by atoms with Crippen LogP contribution in [0.15, 0.2) is 144 Å². The van der Waals surface area contributed by atoms with E-state index in [0.717, 1.165) is 54.7 Å². The Morgan fingerprint density at radius 3 is 1.16 bits per heavy atom. The van der Waals surface area contributed by atoms with Crippen molar-refractivity contribution >= 4 is 66.4 Å². The standard InChI is InChI=1S/C38H22N6/c1-5-13-29-23(9-1)17-27(21-39-29)35-37-33(19-25-11-3-7-15-31(25)41-37)44-36(28-18-24-10-2-6-14-30(24)40-22-28)38-34(43-35)20-26-12-4-8-16-32(26)42-38/h1-22H/b37-35?,38-36?,43-34?,43-35-,44-33?,44-36-. The van der Waals surface area contributed by atoms with Crippen LogP contribution < -0.4 is 0 Å². The molecule has 0 bridgehead atoms. The van der Waals surface area contributed by atoms with Gasteiger partial charge in [-0.2, -0.15) is 0 Å². The van der Waals surface area contributed by atoms with E-state index in [1.807, 2.05) is 85.2 Å². The third-order valence-electron chi connectivity index (χ3n) is 8.05. The van der Waals surface area contributed by atoms with E-state index in [1.54, 1.807) is 0 Å². The molecule has 5 heterocycles. The second kappa shape index (κ2) is 9.71. The fraction of sp³-hybridized carbons (Fsp3) is 0. The molecule has 1 aliphatic rings. The third kappa shape index (κ3) is 4.04. The summed E-state index contributed by atoms with van der Waals surface area (Å²) in [7, 11) is 0. The van der Waals surface area contributed by atoms with Gasteiger partial charge in [-0.1, -0.05) is 72.8 Å². The highest BCUT2D eigenvalue weighted by molar-refractivity contribution is 6.23. The summed E-state index contributed by atoms with van der Waals surface area (Å²) in [5.41, 5.74) is 9.48. The Hall–Kier alpha value is -6.14. The number of aromatic nitrogens is 4. The average Bonchev–Trinajstić information content (AvgIpc) is 3.08. The number of rotatable bonds is 2. The quantitative estimate of drug-likeness (QED) is 0.212. The second-order valence-electron chi connectivity index (χ2n) is 10.9. The second-order valence-corrected chi connectivity index (χ2v) is 10.9. The lowest BCUT2D eigenvalue weighted by molar-refractivity contribution is 1.26. The number of benzene rings is 4. The summed E-state index contributed by atoms with van der Waals surface area (Å²) in [5.74, 6) is 0. The van der Waals surface area contributed by atoms with Crippen LogP contribution in [0.25, 0.3) is 43.6 Å². The van der Waals surface area contributed by atoms with E-state index < -0.39 is 0 Å². The molecule has 0 fully saturated rings. The summed E-state index contributed by atoms with van der Waals surface area (Å²) < 4.78 is 0. The molecule has 204 valence electrons. The molecule has 0 saturated carbocycles. The van der Waals surface area contributed by atoms with E-state index in [4.69, 9.17) is 29.9 Å². The van der Waals surface area contributed by atoms with Crippen LogP contribution in [0.2, 0.25) is 0 Å². The minimum atomic E-state index is 0.686. The van der Waals surface area contributed by atoms with Gasteiger partial charge in [0.05, 0.1) is 33.4 Å². The Labute approximate surface area is 252 Å². The van der Waals surface area contributed by atoms with E-state index in [1.165, 1.54) is 0 Å². The molecule has 0 atom stereocenters. The molecule has 0 amide bonds. The highest BCUT2D eigenvalue weighted by atomic mass is 14.9. The van der Waals surface area contributed by atoms with Crippen LogP contribution >= 0.6 is 0 Å². The van der Waals surface area contributed by atoms with Crippen molar-refractivity contribution in [3.05, 3.63) is 156 Å². The largest absolute Gasteiger partial charge is 0.256 e. The van der Waals surface area contributed by atoms with Crippen molar-refractivity contribution in [2.24, 2.45) is 9.98 Å². The topological polar surface area (TPSA) is 76.3 Å². The summed E-state index contributed by atoms with van der Waals surface area (Å²) >= 11 is 0. The average molecular weight is 563 g/mol. The van der Waals surface area contributed by atoms with Gasteiger partial charge in [-0.05, 0) is 48.5 Å². The normalized spacial score (nSPS) is 15.2. The lowest BCUT2D eigenvalue weighted by atomic mass is 9.99. The number of pyridine rings is 4. The minimum absolute atomic E-state index is 0.686. The fourth-order valence-corrected chi connectivity index (χ4v) is 5.88. The number of nitrogens with zero attached hydrogens (tertiary/aromatic N) is 6. The zero-order chi connectivity index (χ0) is 29.0. The Morgan fingerprint density at radius 1 is 0.364 bits per heavy atom. The molecule has 44 heavy (non-hydrogen) atoms. The summed E-state index contributed by atoms with van der Waals surface area (Å²) in [4.78, 5) is 30.6. The van der Waals surface area contributed by atoms with Crippen LogP contribution in [0.3, 0.4) is 0 Å². The molecule has 6 heteroatoms. The van der Waals surface area contributed by atoms with Crippen molar-refractivity contribution in [3.63, 3.8) is 0 Å². The Morgan fingerprint density at radius 2 is 0.727 bits per heavy atom. The minimum Gasteiger partial charge on any atom is -0.256 e. The van der Waals surface area contributed by atoms with Crippen molar-refractivity contribution in [2.75, 3.05) is 0 Å². The molecule has 1 aliphatic heterocycles. The van der Waals surface area contributed by atoms with Gasteiger partial charge in [0, 0.05) is 45.1 Å². The summed E-state index contributed by atoms with van der Waals surface area (Å²) in [6, 6.07) is 40.8. The highest BCUT2D eigenvalue weighted by Crippen LogP contribution is 2.35. The highest BCUT2D eigenvalue weighted by Gasteiger charge is 2.24. The van der Waals surface area contributed by atoms with Crippen molar-refractivity contribution < 1.29 is 0 Å². The molecule has 8 aromatic rings. The van der Waals surface area contributed by atoms with Crippen LogP contribution in [0.5, 0.6) is 0 Å².